The first kappa shape index (κ1) is 19.4. The van der Waals surface area contributed by atoms with E-state index < -0.39 is 0 Å². The van der Waals surface area contributed by atoms with Crippen LogP contribution in [-0.2, 0) is 17.8 Å². The lowest BCUT2D eigenvalue weighted by atomic mass is 10.1. The molecule has 150 valence electrons. The highest BCUT2D eigenvalue weighted by atomic mass is 16.5. The summed E-state index contributed by atoms with van der Waals surface area (Å²) < 4.78 is 7.17. The molecule has 0 atom stereocenters. The SMILES string of the molecule is COc1ccccc1Cn1c(O)c(N=NC(=O)Cc2ccccc2)c2ccccc21. The van der Waals surface area contributed by atoms with Gasteiger partial charge in [0.05, 0.1) is 25.6 Å². The van der Waals surface area contributed by atoms with Gasteiger partial charge in [-0.15, -0.1) is 10.2 Å². The van der Waals surface area contributed by atoms with Crippen molar-refractivity contribution in [3.05, 3.63) is 90.0 Å². The van der Waals surface area contributed by atoms with Crippen LogP contribution >= 0.6 is 0 Å². The number of azo groups is 1. The van der Waals surface area contributed by atoms with Crippen LogP contribution in [-0.4, -0.2) is 22.7 Å². The molecule has 4 rings (SSSR count). The van der Waals surface area contributed by atoms with Gasteiger partial charge in [0.1, 0.15) is 5.75 Å². The maximum Gasteiger partial charge on any atom is 0.269 e. The first-order valence-electron chi connectivity index (χ1n) is 9.58. The number of ether oxygens (including phenoxy) is 1. The fraction of sp³-hybridized carbons (Fsp3) is 0.125. The Balaban J connectivity index is 1.67. The summed E-state index contributed by atoms with van der Waals surface area (Å²) in [6.07, 6.45) is 0.158. The number of carbonyl (C=O) groups is 1. The molecular formula is C24H21N3O3. The second kappa shape index (κ2) is 8.61. The number of rotatable bonds is 6. The van der Waals surface area contributed by atoms with Gasteiger partial charge in [-0.05, 0) is 17.7 Å². The fourth-order valence-electron chi connectivity index (χ4n) is 3.45. The summed E-state index contributed by atoms with van der Waals surface area (Å²) >= 11 is 0. The topological polar surface area (TPSA) is 76.2 Å². The van der Waals surface area contributed by atoms with E-state index in [2.05, 4.69) is 10.2 Å². The third kappa shape index (κ3) is 3.93. The van der Waals surface area contributed by atoms with Crippen molar-refractivity contribution in [1.29, 1.82) is 0 Å². The molecule has 0 fully saturated rings. The van der Waals surface area contributed by atoms with Crippen molar-refractivity contribution >= 4 is 22.5 Å². The third-order valence-electron chi connectivity index (χ3n) is 4.90. The molecule has 1 N–H and O–H groups in total. The number of amides is 1. The van der Waals surface area contributed by atoms with Crippen molar-refractivity contribution in [2.24, 2.45) is 10.2 Å². The molecule has 30 heavy (non-hydrogen) atoms. The van der Waals surface area contributed by atoms with E-state index in [0.717, 1.165) is 27.8 Å². The molecule has 3 aromatic carbocycles. The number of nitrogens with zero attached hydrogens (tertiary/aromatic N) is 3. The van der Waals surface area contributed by atoms with Gasteiger partial charge in [-0.2, -0.15) is 0 Å². The molecule has 1 heterocycles. The summed E-state index contributed by atoms with van der Waals surface area (Å²) in [5, 5.41) is 19.6. The Morgan fingerprint density at radius 2 is 1.67 bits per heavy atom. The minimum Gasteiger partial charge on any atom is -0.496 e. The first-order chi connectivity index (χ1) is 14.7. The molecule has 0 radical (unpaired) electrons. The highest BCUT2D eigenvalue weighted by molar-refractivity contribution is 5.95. The third-order valence-corrected chi connectivity index (χ3v) is 4.90. The molecule has 6 nitrogen and oxygen atoms in total. The van der Waals surface area contributed by atoms with E-state index in [1.165, 1.54) is 0 Å². The van der Waals surface area contributed by atoms with E-state index in [1.807, 2.05) is 78.9 Å². The summed E-state index contributed by atoms with van der Waals surface area (Å²) in [6, 6.07) is 24.5. The number of hydrogen-bond donors (Lipinski definition) is 1. The van der Waals surface area contributed by atoms with Gasteiger partial charge in [-0.3, -0.25) is 4.79 Å². The minimum absolute atomic E-state index is 0.0432. The predicted molar refractivity (Wildman–Crippen MR) is 115 cm³/mol. The lowest BCUT2D eigenvalue weighted by Gasteiger charge is -2.11. The minimum atomic E-state index is -0.373. The Morgan fingerprint density at radius 1 is 0.967 bits per heavy atom. The fourth-order valence-corrected chi connectivity index (χ4v) is 3.45. The molecule has 0 aliphatic rings. The van der Waals surface area contributed by atoms with Crippen LogP contribution in [0, 0.1) is 0 Å². The number of fused-ring (bicyclic) bond motifs is 1. The van der Waals surface area contributed by atoms with Crippen LogP contribution in [0.2, 0.25) is 0 Å². The second-order valence-electron chi connectivity index (χ2n) is 6.84. The zero-order chi connectivity index (χ0) is 20.9. The van der Waals surface area contributed by atoms with E-state index in [4.69, 9.17) is 4.74 Å². The van der Waals surface area contributed by atoms with Gasteiger partial charge in [0.15, 0.2) is 5.69 Å². The van der Waals surface area contributed by atoms with Gasteiger partial charge >= 0.3 is 0 Å². The van der Waals surface area contributed by atoms with Crippen LogP contribution < -0.4 is 4.74 Å². The molecular weight excluding hydrogens is 378 g/mol. The van der Waals surface area contributed by atoms with E-state index in [9.17, 15) is 9.90 Å². The monoisotopic (exact) mass is 399 g/mol. The van der Waals surface area contributed by atoms with E-state index in [-0.39, 0.29) is 23.9 Å². The molecule has 1 aromatic heterocycles. The van der Waals surface area contributed by atoms with Crippen molar-refractivity contribution in [3.8, 4) is 11.6 Å². The lowest BCUT2D eigenvalue weighted by Crippen LogP contribution is -2.01. The largest absolute Gasteiger partial charge is 0.496 e. The van der Waals surface area contributed by atoms with Gasteiger partial charge in [0, 0.05) is 10.9 Å². The van der Waals surface area contributed by atoms with Gasteiger partial charge in [0.2, 0.25) is 5.88 Å². The van der Waals surface area contributed by atoms with Crippen molar-refractivity contribution in [2.45, 2.75) is 13.0 Å². The van der Waals surface area contributed by atoms with Gasteiger partial charge in [0.25, 0.3) is 5.91 Å². The normalized spacial score (nSPS) is 11.2. The summed E-state index contributed by atoms with van der Waals surface area (Å²) in [5.41, 5.74) is 2.86. The number of hydrogen-bond acceptors (Lipinski definition) is 4. The molecule has 0 aliphatic carbocycles. The summed E-state index contributed by atoms with van der Waals surface area (Å²) in [7, 11) is 1.62. The zero-order valence-corrected chi connectivity index (χ0v) is 16.5. The van der Waals surface area contributed by atoms with Crippen LogP contribution in [0.25, 0.3) is 10.9 Å². The molecule has 0 saturated carbocycles. The Kier molecular flexibility index (Phi) is 5.57. The first-order valence-corrected chi connectivity index (χ1v) is 9.58. The van der Waals surface area contributed by atoms with Crippen molar-refractivity contribution in [3.63, 3.8) is 0 Å². The van der Waals surface area contributed by atoms with Gasteiger partial charge < -0.3 is 14.4 Å². The Bertz CT molecular complexity index is 1210. The van der Waals surface area contributed by atoms with Gasteiger partial charge in [-0.1, -0.05) is 66.7 Å². The Hall–Kier alpha value is -3.93. The molecule has 0 saturated heterocycles. The summed E-state index contributed by atoms with van der Waals surface area (Å²) in [4.78, 5) is 12.2. The van der Waals surface area contributed by atoms with Crippen molar-refractivity contribution in [1.82, 2.24) is 4.57 Å². The van der Waals surface area contributed by atoms with Crippen molar-refractivity contribution in [2.75, 3.05) is 7.11 Å². The average Bonchev–Trinajstić information content (AvgIpc) is 3.04. The standard InChI is InChI=1S/C24H21N3O3/c1-30-21-14-8-5-11-18(21)16-27-20-13-7-6-12-19(20)23(24(27)29)26-25-22(28)15-17-9-3-2-4-10-17/h2-14,29H,15-16H2,1H3. The number of carbonyl (C=O) groups excluding carboxylic acids is 1. The summed E-state index contributed by atoms with van der Waals surface area (Å²) in [5.74, 6) is 0.316. The predicted octanol–water partition coefficient (Wildman–Crippen LogP) is 5.26. The molecule has 4 aromatic rings. The Labute approximate surface area is 174 Å². The Morgan fingerprint density at radius 3 is 2.47 bits per heavy atom. The molecule has 0 spiro atoms. The number of aromatic hydroxyl groups is 1. The van der Waals surface area contributed by atoms with Crippen LogP contribution in [0.3, 0.4) is 0 Å². The highest BCUT2D eigenvalue weighted by Gasteiger charge is 2.18. The molecule has 6 heteroatoms. The quantitative estimate of drug-likeness (QED) is 0.450. The maximum atomic E-state index is 12.2. The van der Waals surface area contributed by atoms with E-state index >= 15 is 0 Å². The van der Waals surface area contributed by atoms with Gasteiger partial charge in [-0.25, -0.2) is 0 Å². The zero-order valence-electron chi connectivity index (χ0n) is 16.5. The number of aromatic nitrogens is 1. The number of para-hydroxylation sites is 2. The molecule has 0 aliphatic heterocycles. The van der Waals surface area contributed by atoms with Crippen molar-refractivity contribution < 1.29 is 14.6 Å². The van der Waals surface area contributed by atoms with E-state index in [1.54, 1.807) is 11.7 Å². The summed E-state index contributed by atoms with van der Waals surface area (Å²) in [6.45, 7) is 0.393. The number of methoxy groups -OCH3 is 1. The lowest BCUT2D eigenvalue weighted by molar-refractivity contribution is -0.117. The van der Waals surface area contributed by atoms with Crippen LogP contribution in [0.15, 0.2) is 89.1 Å². The number of benzene rings is 3. The van der Waals surface area contributed by atoms with Crippen LogP contribution in [0.5, 0.6) is 11.6 Å². The maximum absolute atomic E-state index is 12.2. The molecule has 0 bridgehead atoms. The highest BCUT2D eigenvalue weighted by Crippen LogP contribution is 2.39. The average molecular weight is 399 g/mol. The second-order valence-corrected chi connectivity index (χ2v) is 6.84. The van der Waals surface area contributed by atoms with Crippen LogP contribution in [0.4, 0.5) is 5.69 Å². The molecule has 1 amide bonds. The smallest absolute Gasteiger partial charge is 0.269 e. The molecule has 0 unspecified atom stereocenters. The van der Waals surface area contributed by atoms with E-state index in [0.29, 0.717) is 6.54 Å². The van der Waals surface area contributed by atoms with Crippen LogP contribution in [0.1, 0.15) is 11.1 Å².